The molecule has 2 heterocycles. The van der Waals surface area contributed by atoms with Crippen LogP contribution in [0.1, 0.15) is 23.7 Å². The van der Waals surface area contributed by atoms with Gasteiger partial charge in [0.2, 0.25) is 5.72 Å². The first kappa shape index (κ1) is 18.8. The Morgan fingerprint density at radius 1 is 1.26 bits per heavy atom. The van der Waals surface area contributed by atoms with Crippen molar-refractivity contribution < 1.29 is 14.7 Å². The molecule has 0 aliphatic carbocycles. The molecule has 1 aliphatic heterocycles. The second-order valence-electron chi connectivity index (χ2n) is 6.03. The number of para-hydroxylation sites is 1. The van der Waals surface area contributed by atoms with Crippen LogP contribution in [-0.4, -0.2) is 40.4 Å². The number of aliphatic hydroxyl groups is 1. The van der Waals surface area contributed by atoms with E-state index in [4.69, 9.17) is 11.6 Å². The molecule has 0 fully saturated rings. The summed E-state index contributed by atoms with van der Waals surface area (Å²) in [5, 5.41) is 21.8. The molecule has 140 valence electrons. The van der Waals surface area contributed by atoms with Crippen LogP contribution in [0.15, 0.2) is 47.7 Å². The third kappa shape index (κ3) is 3.49. The number of nitrogens with zero attached hydrogens (tertiary/aromatic N) is 3. The molecule has 8 nitrogen and oxygen atoms in total. The first-order valence-corrected chi connectivity index (χ1v) is 8.54. The maximum absolute atomic E-state index is 13.0. The van der Waals surface area contributed by atoms with Crippen molar-refractivity contribution in [3.05, 3.63) is 53.2 Å². The number of hydrazone groups is 1. The second kappa shape index (κ2) is 7.34. The maximum atomic E-state index is 13.0. The molecule has 1 unspecified atom stereocenters. The number of rotatable bonds is 4. The van der Waals surface area contributed by atoms with Crippen LogP contribution in [0, 0.1) is 0 Å². The Labute approximate surface area is 160 Å². The summed E-state index contributed by atoms with van der Waals surface area (Å²) in [7, 11) is 1.49. The Bertz CT molecular complexity index is 933. The number of benzene rings is 1. The third-order valence-electron chi connectivity index (χ3n) is 4.07. The number of aromatic nitrogens is 1. The van der Waals surface area contributed by atoms with Crippen LogP contribution in [0.2, 0.25) is 5.02 Å². The number of anilines is 2. The van der Waals surface area contributed by atoms with Crippen LogP contribution in [0.25, 0.3) is 0 Å². The molecule has 9 heteroatoms. The van der Waals surface area contributed by atoms with Crippen molar-refractivity contribution in [1.29, 1.82) is 0 Å². The Morgan fingerprint density at radius 3 is 2.70 bits per heavy atom. The number of amides is 2. The summed E-state index contributed by atoms with van der Waals surface area (Å²) in [6, 6.07) is 9.73. The number of hydrogen-bond acceptors (Lipinski definition) is 6. The van der Waals surface area contributed by atoms with E-state index in [1.807, 2.05) is 0 Å². The van der Waals surface area contributed by atoms with E-state index in [0.29, 0.717) is 5.71 Å². The molecule has 1 aliphatic rings. The molecule has 0 radical (unpaired) electrons. The molecule has 0 bridgehead atoms. The summed E-state index contributed by atoms with van der Waals surface area (Å²) in [5.41, 5.74) is -0.950. The average Bonchev–Trinajstić information content (AvgIpc) is 2.97. The van der Waals surface area contributed by atoms with Gasteiger partial charge >= 0.3 is 0 Å². The average molecular weight is 388 g/mol. The highest BCUT2D eigenvalue weighted by Crippen LogP contribution is 2.35. The molecule has 27 heavy (non-hydrogen) atoms. The lowest BCUT2D eigenvalue weighted by Gasteiger charge is -2.31. The monoisotopic (exact) mass is 387 g/mol. The van der Waals surface area contributed by atoms with Gasteiger partial charge in [0.25, 0.3) is 11.8 Å². The summed E-state index contributed by atoms with van der Waals surface area (Å²) in [4.78, 5) is 29.1. The fraction of sp³-hybridized carbons (Fsp3) is 0.222. The zero-order valence-corrected chi connectivity index (χ0v) is 15.5. The SMILES string of the molecule is CNC(=O)c1ccccc1NC(=O)C1(O)CC(C)=NN1c1ncccc1Cl. The van der Waals surface area contributed by atoms with Gasteiger partial charge in [-0.1, -0.05) is 23.7 Å². The lowest BCUT2D eigenvalue weighted by Crippen LogP contribution is -2.53. The van der Waals surface area contributed by atoms with Gasteiger partial charge in [-0.25, -0.2) is 9.99 Å². The largest absolute Gasteiger partial charge is 0.361 e. The highest BCUT2D eigenvalue weighted by molar-refractivity contribution is 6.33. The zero-order valence-electron chi connectivity index (χ0n) is 14.7. The summed E-state index contributed by atoms with van der Waals surface area (Å²) < 4.78 is 0. The lowest BCUT2D eigenvalue weighted by molar-refractivity contribution is -0.132. The molecule has 0 spiro atoms. The van der Waals surface area contributed by atoms with Crippen LogP contribution in [-0.2, 0) is 4.79 Å². The van der Waals surface area contributed by atoms with E-state index in [2.05, 4.69) is 20.7 Å². The number of carbonyl (C=O) groups is 2. The van der Waals surface area contributed by atoms with E-state index in [-0.39, 0.29) is 34.4 Å². The summed E-state index contributed by atoms with van der Waals surface area (Å²) in [6.07, 6.45) is 1.46. The van der Waals surface area contributed by atoms with Crippen LogP contribution < -0.4 is 15.6 Å². The lowest BCUT2D eigenvalue weighted by atomic mass is 10.1. The molecule has 1 aromatic carbocycles. The van der Waals surface area contributed by atoms with Crippen molar-refractivity contribution in [1.82, 2.24) is 10.3 Å². The van der Waals surface area contributed by atoms with E-state index in [1.54, 1.807) is 43.3 Å². The standard InChI is InChI=1S/C18H18ClN5O3/c1-11-10-18(27,24(23-11)15-13(19)7-5-9-21-15)17(26)22-14-8-4-3-6-12(14)16(25)20-2/h3-9,27H,10H2,1-2H3,(H,20,25)(H,22,26). The predicted molar refractivity (Wildman–Crippen MR) is 103 cm³/mol. The Balaban J connectivity index is 1.94. The highest BCUT2D eigenvalue weighted by Gasteiger charge is 2.49. The Kier molecular flexibility index (Phi) is 5.11. The van der Waals surface area contributed by atoms with Gasteiger partial charge in [0.15, 0.2) is 5.82 Å². The zero-order chi connectivity index (χ0) is 19.6. The maximum Gasteiger partial charge on any atom is 0.280 e. The quantitative estimate of drug-likeness (QED) is 0.743. The first-order valence-electron chi connectivity index (χ1n) is 8.16. The van der Waals surface area contributed by atoms with Crippen LogP contribution in [0.4, 0.5) is 11.5 Å². The molecule has 2 aromatic rings. The van der Waals surface area contributed by atoms with E-state index >= 15 is 0 Å². The van der Waals surface area contributed by atoms with Crippen molar-refractivity contribution in [2.24, 2.45) is 5.10 Å². The number of carbonyl (C=O) groups excluding carboxylic acids is 2. The third-order valence-corrected chi connectivity index (χ3v) is 4.37. The molecular weight excluding hydrogens is 370 g/mol. The molecule has 1 atom stereocenters. The van der Waals surface area contributed by atoms with Gasteiger partial charge in [0.1, 0.15) is 0 Å². The van der Waals surface area contributed by atoms with Crippen molar-refractivity contribution in [2.75, 3.05) is 17.4 Å². The van der Waals surface area contributed by atoms with Crippen molar-refractivity contribution in [3.63, 3.8) is 0 Å². The summed E-state index contributed by atoms with van der Waals surface area (Å²) in [5.74, 6) is -0.948. The fourth-order valence-electron chi connectivity index (χ4n) is 2.80. The number of pyridine rings is 1. The smallest absolute Gasteiger partial charge is 0.280 e. The van der Waals surface area contributed by atoms with Crippen LogP contribution in [0.5, 0.6) is 0 Å². The van der Waals surface area contributed by atoms with Crippen LogP contribution >= 0.6 is 11.6 Å². The molecule has 2 amide bonds. The van der Waals surface area contributed by atoms with E-state index in [9.17, 15) is 14.7 Å². The fourth-order valence-corrected chi connectivity index (χ4v) is 3.00. The first-order chi connectivity index (χ1) is 12.9. The normalized spacial score (nSPS) is 18.8. The van der Waals surface area contributed by atoms with E-state index in [1.165, 1.54) is 13.2 Å². The minimum atomic E-state index is -2.03. The number of hydrogen-bond donors (Lipinski definition) is 3. The van der Waals surface area contributed by atoms with Crippen LogP contribution in [0.3, 0.4) is 0 Å². The second-order valence-corrected chi connectivity index (χ2v) is 6.44. The number of halogens is 1. The van der Waals surface area contributed by atoms with Gasteiger partial charge in [-0.15, -0.1) is 0 Å². The Morgan fingerprint density at radius 2 is 2.00 bits per heavy atom. The molecular formula is C18H18ClN5O3. The van der Waals surface area contributed by atoms with Gasteiger partial charge < -0.3 is 15.7 Å². The number of nitrogens with one attached hydrogen (secondary N) is 2. The predicted octanol–water partition coefficient (Wildman–Crippen LogP) is 2.01. The minimum Gasteiger partial charge on any atom is -0.361 e. The van der Waals surface area contributed by atoms with Gasteiger partial charge in [-0.2, -0.15) is 5.10 Å². The molecule has 0 saturated carbocycles. The van der Waals surface area contributed by atoms with Crippen molar-refractivity contribution in [2.45, 2.75) is 19.1 Å². The molecule has 0 saturated heterocycles. The summed E-state index contributed by atoms with van der Waals surface area (Å²) >= 11 is 6.16. The van der Waals surface area contributed by atoms with Gasteiger partial charge in [0.05, 0.1) is 16.3 Å². The van der Waals surface area contributed by atoms with Crippen molar-refractivity contribution in [3.8, 4) is 0 Å². The van der Waals surface area contributed by atoms with Gasteiger partial charge in [-0.05, 0) is 31.2 Å². The van der Waals surface area contributed by atoms with E-state index in [0.717, 1.165) is 5.01 Å². The summed E-state index contributed by atoms with van der Waals surface area (Å²) in [6.45, 7) is 1.69. The van der Waals surface area contributed by atoms with Crippen molar-refractivity contribution >= 4 is 40.6 Å². The van der Waals surface area contributed by atoms with Gasteiger partial charge in [-0.3, -0.25) is 9.59 Å². The topological polar surface area (TPSA) is 107 Å². The van der Waals surface area contributed by atoms with E-state index < -0.39 is 11.6 Å². The molecule has 1 aromatic heterocycles. The molecule has 3 rings (SSSR count). The van der Waals surface area contributed by atoms with Gasteiger partial charge in [0, 0.05) is 25.4 Å². The highest BCUT2D eigenvalue weighted by atomic mass is 35.5. The minimum absolute atomic E-state index is 0.0339. The molecule has 3 N–H and O–H groups in total. The Hall–Kier alpha value is -2.97.